The van der Waals surface area contributed by atoms with Crippen LogP contribution in [0.3, 0.4) is 0 Å². The van der Waals surface area contributed by atoms with Gasteiger partial charge in [-0.05, 0) is 51.1 Å². The van der Waals surface area contributed by atoms with Crippen molar-refractivity contribution in [3.63, 3.8) is 0 Å². The van der Waals surface area contributed by atoms with Crippen molar-refractivity contribution in [2.75, 3.05) is 0 Å². The molecule has 186 valence electrons. The standard InChI is InChI=1S/C32H28FNO3/c1-32(2,3)25-14-12-22(13-15-25)28-27(29(35)24-11-10-21-6-4-5-7-23(21)18-24)30(36)31(37)34(28)19-20-8-16-26(33)17-9-20/h4-18,28,35H,19H2,1-3H3/b29-27-. The average molecular weight is 494 g/mol. The number of hydrogen-bond acceptors (Lipinski definition) is 3. The number of nitrogens with zero attached hydrogens (tertiary/aromatic N) is 1. The molecule has 4 aromatic rings. The molecule has 1 amide bonds. The van der Waals surface area contributed by atoms with Crippen LogP contribution in [0.5, 0.6) is 0 Å². The van der Waals surface area contributed by atoms with E-state index in [1.807, 2.05) is 60.7 Å². The summed E-state index contributed by atoms with van der Waals surface area (Å²) in [4.78, 5) is 28.1. The molecule has 1 unspecified atom stereocenters. The molecule has 1 N–H and O–H groups in total. The molecule has 0 aliphatic carbocycles. The van der Waals surface area contributed by atoms with Crippen molar-refractivity contribution in [3.8, 4) is 0 Å². The van der Waals surface area contributed by atoms with Gasteiger partial charge in [0.1, 0.15) is 11.6 Å². The van der Waals surface area contributed by atoms with E-state index in [9.17, 15) is 19.1 Å². The molecule has 1 aliphatic heterocycles. The third-order valence-corrected chi connectivity index (χ3v) is 6.92. The first-order chi connectivity index (χ1) is 17.6. The first-order valence-electron chi connectivity index (χ1n) is 12.3. The Morgan fingerprint density at radius 3 is 2.16 bits per heavy atom. The van der Waals surface area contributed by atoms with Crippen molar-refractivity contribution >= 4 is 28.2 Å². The summed E-state index contributed by atoms with van der Waals surface area (Å²) in [6.07, 6.45) is 0. The topological polar surface area (TPSA) is 57.6 Å². The molecule has 1 atom stereocenters. The van der Waals surface area contributed by atoms with Crippen LogP contribution in [0.2, 0.25) is 0 Å². The Kier molecular flexibility index (Phi) is 6.16. The highest BCUT2D eigenvalue weighted by molar-refractivity contribution is 6.46. The van der Waals surface area contributed by atoms with Gasteiger partial charge in [-0.3, -0.25) is 9.59 Å². The summed E-state index contributed by atoms with van der Waals surface area (Å²) in [5, 5.41) is 13.4. The van der Waals surface area contributed by atoms with Crippen LogP contribution in [0, 0.1) is 5.82 Å². The molecule has 4 nitrogen and oxygen atoms in total. The fourth-order valence-corrected chi connectivity index (χ4v) is 4.83. The van der Waals surface area contributed by atoms with Gasteiger partial charge in [-0.1, -0.05) is 93.6 Å². The zero-order chi connectivity index (χ0) is 26.3. The van der Waals surface area contributed by atoms with Gasteiger partial charge in [-0.25, -0.2) is 4.39 Å². The van der Waals surface area contributed by atoms with E-state index in [1.165, 1.54) is 17.0 Å². The average Bonchev–Trinajstić information content (AvgIpc) is 3.13. The number of carbonyl (C=O) groups is 2. The summed E-state index contributed by atoms with van der Waals surface area (Å²) in [5.41, 5.74) is 2.96. The largest absolute Gasteiger partial charge is 0.507 e. The van der Waals surface area contributed by atoms with Gasteiger partial charge in [-0.2, -0.15) is 0 Å². The number of carbonyl (C=O) groups excluding carboxylic acids is 2. The SMILES string of the molecule is CC(C)(C)c1ccc(C2/C(=C(/O)c3ccc4ccccc4c3)C(=O)C(=O)N2Cc2ccc(F)cc2)cc1. The van der Waals surface area contributed by atoms with Crippen LogP contribution in [0.4, 0.5) is 4.39 Å². The second kappa shape index (κ2) is 9.32. The quantitative estimate of drug-likeness (QED) is 0.191. The highest BCUT2D eigenvalue weighted by atomic mass is 19.1. The molecule has 5 heteroatoms. The van der Waals surface area contributed by atoms with E-state index in [4.69, 9.17) is 0 Å². The summed E-state index contributed by atoms with van der Waals surface area (Å²) in [7, 11) is 0. The summed E-state index contributed by atoms with van der Waals surface area (Å²) >= 11 is 0. The van der Waals surface area contributed by atoms with Crippen molar-refractivity contribution in [3.05, 3.63) is 125 Å². The fourth-order valence-electron chi connectivity index (χ4n) is 4.83. The van der Waals surface area contributed by atoms with Gasteiger partial charge in [0.15, 0.2) is 0 Å². The lowest BCUT2D eigenvalue weighted by atomic mass is 9.85. The molecule has 4 aromatic carbocycles. The minimum Gasteiger partial charge on any atom is -0.507 e. The molecular weight excluding hydrogens is 465 g/mol. The fraction of sp³-hybridized carbons (Fsp3) is 0.188. The zero-order valence-corrected chi connectivity index (χ0v) is 21.0. The predicted octanol–water partition coefficient (Wildman–Crippen LogP) is 6.90. The smallest absolute Gasteiger partial charge is 0.295 e. The Morgan fingerprint density at radius 1 is 0.865 bits per heavy atom. The number of ketones is 1. The highest BCUT2D eigenvalue weighted by Crippen LogP contribution is 2.41. The molecule has 37 heavy (non-hydrogen) atoms. The number of rotatable bonds is 4. The third-order valence-electron chi connectivity index (χ3n) is 6.92. The molecule has 0 spiro atoms. The summed E-state index contributed by atoms with van der Waals surface area (Å²) in [6.45, 7) is 6.44. The maximum atomic E-state index is 13.5. The zero-order valence-electron chi connectivity index (χ0n) is 21.0. The van der Waals surface area contributed by atoms with Crippen molar-refractivity contribution < 1.29 is 19.1 Å². The van der Waals surface area contributed by atoms with Crippen LogP contribution < -0.4 is 0 Å². The number of fused-ring (bicyclic) bond motifs is 1. The molecule has 1 aliphatic rings. The number of likely N-dealkylation sites (tertiary alicyclic amines) is 1. The number of Topliss-reactive ketones (excluding diaryl/α,β-unsaturated/α-hetero) is 1. The van der Waals surface area contributed by atoms with E-state index in [1.54, 1.807) is 18.2 Å². The molecule has 1 fully saturated rings. The van der Waals surface area contributed by atoms with E-state index in [0.29, 0.717) is 11.1 Å². The van der Waals surface area contributed by atoms with Crippen molar-refractivity contribution in [2.24, 2.45) is 0 Å². The predicted molar refractivity (Wildman–Crippen MR) is 143 cm³/mol. The Labute approximate surface area is 215 Å². The molecular formula is C32H28FNO3. The van der Waals surface area contributed by atoms with Gasteiger partial charge >= 0.3 is 0 Å². The third kappa shape index (κ3) is 4.65. The number of amides is 1. The van der Waals surface area contributed by atoms with E-state index < -0.39 is 17.7 Å². The van der Waals surface area contributed by atoms with Crippen LogP contribution in [-0.4, -0.2) is 21.7 Å². The van der Waals surface area contributed by atoms with Crippen LogP contribution in [0.15, 0.2) is 96.6 Å². The van der Waals surface area contributed by atoms with Gasteiger partial charge in [0.05, 0.1) is 11.6 Å². The number of aliphatic hydroxyl groups is 1. The lowest BCUT2D eigenvalue weighted by Gasteiger charge is -2.26. The summed E-state index contributed by atoms with van der Waals surface area (Å²) in [5.74, 6) is -2.03. The van der Waals surface area contributed by atoms with Gasteiger partial charge in [0, 0.05) is 12.1 Å². The van der Waals surface area contributed by atoms with Crippen LogP contribution in [-0.2, 0) is 21.5 Å². The molecule has 1 heterocycles. The van der Waals surface area contributed by atoms with Crippen molar-refractivity contribution in [2.45, 2.75) is 38.8 Å². The van der Waals surface area contributed by atoms with E-state index in [0.717, 1.165) is 21.9 Å². The Balaban J connectivity index is 1.65. The maximum Gasteiger partial charge on any atom is 0.295 e. The second-order valence-corrected chi connectivity index (χ2v) is 10.5. The minimum absolute atomic E-state index is 0.0471. The monoisotopic (exact) mass is 493 g/mol. The van der Waals surface area contributed by atoms with E-state index in [-0.39, 0.29) is 29.1 Å². The first kappa shape index (κ1) is 24.4. The van der Waals surface area contributed by atoms with Gasteiger partial charge in [0.25, 0.3) is 11.7 Å². The molecule has 5 rings (SSSR count). The Bertz CT molecular complexity index is 1530. The lowest BCUT2D eigenvalue weighted by Crippen LogP contribution is -2.29. The van der Waals surface area contributed by atoms with Gasteiger partial charge in [0.2, 0.25) is 0 Å². The number of benzene rings is 4. The van der Waals surface area contributed by atoms with Crippen molar-refractivity contribution in [1.29, 1.82) is 0 Å². The summed E-state index contributed by atoms with van der Waals surface area (Å²) in [6, 6.07) is 26.0. The molecule has 0 radical (unpaired) electrons. The lowest BCUT2D eigenvalue weighted by molar-refractivity contribution is -0.140. The van der Waals surface area contributed by atoms with E-state index >= 15 is 0 Å². The first-order valence-corrected chi connectivity index (χ1v) is 12.3. The second-order valence-electron chi connectivity index (χ2n) is 10.5. The normalized spacial score (nSPS) is 17.5. The maximum absolute atomic E-state index is 13.5. The van der Waals surface area contributed by atoms with Crippen LogP contribution in [0.25, 0.3) is 16.5 Å². The van der Waals surface area contributed by atoms with Crippen molar-refractivity contribution in [1.82, 2.24) is 4.90 Å². The van der Waals surface area contributed by atoms with Gasteiger partial charge < -0.3 is 10.0 Å². The number of halogens is 1. The molecule has 0 aromatic heterocycles. The van der Waals surface area contributed by atoms with Crippen LogP contribution >= 0.6 is 0 Å². The summed E-state index contributed by atoms with van der Waals surface area (Å²) < 4.78 is 13.5. The Morgan fingerprint density at radius 2 is 1.51 bits per heavy atom. The van der Waals surface area contributed by atoms with E-state index in [2.05, 4.69) is 20.8 Å². The Hall–Kier alpha value is -4.25. The molecule has 1 saturated heterocycles. The molecule has 0 saturated carbocycles. The molecule has 0 bridgehead atoms. The minimum atomic E-state index is -0.787. The highest BCUT2D eigenvalue weighted by Gasteiger charge is 2.46. The van der Waals surface area contributed by atoms with Crippen LogP contribution in [0.1, 0.15) is 49.1 Å². The number of aliphatic hydroxyl groups excluding tert-OH is 1. The van der Waals surface area contributed by atoms with Gasteiger partial charge in [-0.15, -0.1) is 0 Å². The number of hydrogen-bond donors (Lipinski definition) is 1.